The minimum absolute atomic E-state index is 0.0328. The number of carbonyl (C=O) groups is 1. The van der Waals surface area contributed by atoms with Gasteiger partial charge >= 0.3 is 5.69 Å². The van der Waals surface area contributed by atoms with Crippen molar-refractivity contribution in [1.82, 2.24) is 24.4 Å². The van der Waals surface area contributed by atoms with Crippen molar-refractivity contribution < 1.29 is 9.21 Å². The van der Waals surface area contributed by atoms with Gasteiger partial charge in [-0.3, -0.25) is 18.7 Å². The summed E-state index contributed by atoms with van der Waals surface area (Å²) in [5, 5.41) is 3.33. The lowest BCUT2D eigenvalue weighted by atomic mass is 10.1. The van der Waals surface area contributed by atoms with Gasteiger partial charge in [0.05, 0.1) is 18.6 Å². The van der Waals surface area contributed by atoms with Gasteiger partial charge in [0.2, 0.25) is 5.91 Å². The third kappa shape index (κ3) is 4.61. The van der Waals surface area contributed by atoms with E-state index in [1.165, 1.54) is 17.9 Å². The lowest BCUT2D eigenvalue weighted by Gasteiger charge is -2.12. The van der Waals surface area contributed by atoms with E-state index in [0.717, 1.165) is 33.0 Å². The Balaban J connectivity index is 1.76. The van der Waals surface area contributed by atoms with Crippen molar-refractivity contribution in [2.75, 3.05) is 5.75 Å². The normalized spacial score (nSPS) is 11.2. The molecule has 10 heteroatoms. The summed E-state index contributed by atoms with van der Waals surface area (Å²) in [6.07, 6.45) is 1.54. The summed E-state index contributed by atoms with van der Waals surface area (Å²) in [5.41, 5.74) is 2.09. The third-order valence-corrected chi connectivity index (χ3v) is 6.10. The molecule has 33 heavy (non-hydrogen) atoms. The molecule has 9 nitrogen and oxygen atoms in total. The van der Waals surface area contributed by atoms with E-state index in [2.05, 4.69) is 15.3 Å². The largest absolute Gasteiger partial charge is 0.467 e. The van der Waals surface area contributed by atoms with Crippen LogP contribution in [0.1, 0.15) is 16.9 Å². The number of rotatable bonds is 6. The van der Waals surface area contributed by atoms with Gasteiger partial charge in [0.15, 0.2) is 11.5 Å². The van der Waals surface area contributed by atoms with Crippen molar-refractivity contribution in [3.63, 3.8) is 0 Å². The first-order chi connectivity index (χ1) is 15.7. The summed E-state index contributed by atoms with van der Waals surface area (Å²) in [6, 6.07) is 9.44. The van der Waals surface area contributed by atoms with Crippen LogP contribution in [-0.2, 0) is 25.4 Å². The second-order valence-corrected chi connectivity index (χ2v) is 8.74. The molecule has 0 spiro atoms. The molecule has 170 valence electrons. The first kappa shape index (κ1) is 22.5. The van der Waals surface area contributed by atoms with Gasteiger partial charge in [-0.25, -0.2) is 14.8 Å². The Labute approximate surface area is 193 Å². The van der Waals surface area contributed by atoms with Gasteiger partial charge in [-0.15, -0.1) is 0 Å². The number of hydrogen-bond donors (Lipinski definition) is 1. The average molecular weight is 466 g/mol. The first-order valence-corrected chi connectivity index (χ1v) is 11.2. The molecule has 0 aliphatic rings. The Kier molecular flexibility index (Phi) is 6.19. The van der Waals surface area contributed by atoms with E-state index >= 15 is 0 Å². The molecule has 1 amide bonds. The van der Waals surface area contributed by atoms with Gasteiger partial charge in [-0.05, 0) is 38.1 Å². The summed E-state index contributed by atoms with van der Waals surface area (Å²) in [5.74, 6) is 0.820. The fourth-order valence-corrected chi connectivity index (χ4v) is 4.39. The zero-order chi connectivity index (χ0) is 23.7. The number of furan rings is 1. The summed E-state index contributed by atoms with van der Waals surface area (Å²) >= 11 is 1.13. The van der Waals surface area contributed by atoms with Crippen molar-refractivity contribution in [2.45, 2.75) is 25.4 Å². The number of benzene rings is 1. The molecular weight excluding hydrogens is 442 g/mol. The predicted molar refractivity (Wildman–Crippen MR) is 126 cm³/mol. The minimum Gasteiger partial charge on any atom is -0.467 e. The van der Waals surface area contributed by atoms with Crippen LogP contribution in [0.3, 0.4) is 0 Å². The van der Waals surface area contributed by atoms with Crippen LogP contribution in [0.2, 0.25) is 0 Å². The summed E-state index contributed by atoms with van der Waals surface area (Å²) < 4.78 is 7.57. The number of nitrogens with zero attached hydrogens (tertiary/aromatic N) is 4. The monoisotopic (exact) mass is 465 g/mol. The molecule has 0 aliphatic heterocycles. The average Bonchev–Trinajstić information content (AvgIpc) is 3.31. The lowest BCUT2D eigenvalue weighted by molar-refractivity contribution is -0.118. The van der Waals surface area contributed by atoms with E-state index < -0.39 is 11.2 Å². The van der Waals surface area contributed by atoms with Crippen LogP contribution in [-0.4, -0.2) is 30.8 Å². The van der Waals surface area contributed by atoms with Crippen LogP contribution in [0.25, 0.3) is 22.4 Å². The molecule has 0 saturated carbocycles. The molecule has 0 fully saturated rings. The molecule has 4 aromatic rings. The molecule has 0 radical (unpaired) electrons. The van der Waals surface area contributed by atoms with Crippen LogP contribution in [0.4, 0.5) is 0 Å². The highest BCUT2D eigenvalue weighted by Gasteiger charge is 2.19. The quantitative estimate of drug-likeness (QED) is 0.343. The maximum Gasteiger partial charge on any atom is 0.332 e. The van der Waals surface area contributed by atoms with E-state index in [0.29, 0.717) is 16.6 Å². The summed E-state index contributed by atoms with van der Waals surface area (Å²) in [4.78, 5) is 47.1. The second-order valence-electron chi connectivity index (χ2n) is 7.78. The molecule has 0 aliphatic carbocycles. The smallest absolute Gasteiger partial charge is 0.332 e. The van der Waals surface area contributed by atoms with E-state index in [9.17, 15) is 14.4 Å². The first-order valence-electron chi connectivity index (χ1n) is 10.2. The van der Waals surface area contributed by atoms with Crippen molar-refractivity contribution in [3.05, 3.63) is 74.3 Å². The van der Waals surface area contributed by atoms with Crippen molar-refractivity contribution in [3.8, 4) is 11.4 Å². The molecule has 1 N–H and O–H groups in total. The Hall–Kier alpha value is -3.66. The lowest BCUT2D eigenvalue weighted by Crippen LogP contribution is -2.37. The minimum atomic E-state index is -0.501. The van der Waals surface area contributed by atoms with Crippen LogP contribution >= 0.6 is 11.8 Å². The Morgan fingerprint density at radius 1 is 1.09 bits per heavy atom. The molecule has 3 heterocycles. The summed E-state index contributed by atoms with van der Waals surface area (Å²) in [6.45, 7) is 4.21. The van der Waals surface area contributed by atoms with Gasteiger partial charge in [-0.2, -0.15) is 0 Å². The topological polar surface area (TPSA) is 112 Å². The molecule has 0 bridgehead atoms. The number of hydrogen-bond acceptors (Lipinski definition) is 7. The molecular formula is C23H23N5O4S. The Bertz CT molecular complexity index is 1450. The zero-order valence-corrected chi connectivity index (χ0v) is 19.5. The van der Waals surface area contributed by atoms with E-state index in [-0.39, 0.29) is 29.2 Å². The fourth-order valence-electron chi connectivity index (χ4n) is 3.55. The number of fused-ring (bicyclic) bond motifs is 1. The molecule has 0 atom stereocenters. The van der Waals surface area contributed by atoms with Crippen LogP contribution in [0.5, 0.6) is 0 Å². The van der Waals surface area contributed by atoms with Crippen LogP contribution < -0.4 is 16.6 Å². The van der Waals surface area contributed by atoms with Gasteiger partial charge < -0.3 is 9.73 Å². The number of amides is 1. The number of carbonyl (C=O) groups excluding carboxylic acids is 1. The van der Waals surface area contributed by atoms with Gasteiger partial charge in [0, 0.05) is 19.7 Å². The van der Waals surface area contributed by atoms with Crippen molar-refractivity contribution in [2.24, 2.45) is 14.1 Å². The van der Waals surface area contributed by atoms with Crippen molar-refractivity contribution in [1.29, 1.82) is 0 Å². The van der Waals surface area contributed by atoms with Gasteiger partial charge in [0.25, 0.3) is 5.56 Å². The highest BCUT2D eigenvalue weighted by Crippen LogP contribution is 2.27. The Morgan fingerprint density at radius 2 is 1.82 bits per heavy atom. The number of aromatic nitrogens is 4. The second kappa shape index (κ2) is 9.07. The Morgan fingerprint density at radius 3 is 2.48 bits per heavy atom. The molecule has 0 saturated heterocycles. The number of thioether (sulfide) groups is 1. The van der Waals surface area contributed by atoms with Gasteiger partial charge in [0.1, 0.15) is 16.2 Å². The molecule has 3 aromatic heterocycles. The van der Waals surface area contributed by atoms with E-state index in [4.69, 9.17) is 4.42 Å². The van der Waals surface area contributed by atoms with Crippen molar-refractivity contribution >= 4 is 28.7 Å². The maximum atomic E-state index is 12.9. The zero-order valence-electron chi connectivity index (χ0n) is 18.7. The predicted octanol–water partition coefficient (Wildman–Crippen LogP) is 2.31. The molecule has 4 rings (SSSR count). The van der Waals surface area contributed by atoms with Crippen LogP contribution in [0.15, 0.2) is 55.6 Å². The SMILES string of the molecule is Cc1cc(C)cc(-c2nc(SCC(=O)NCc3ccco3)c3c(=O)n(C)c(=O)n(C)c3n2)c1. The number of aryl methyl sites for hydroxylation is 3. The summed E-state index contributed by atoms with van der Waals surface area (Å²) in [7, 11) is 2.97. The van der Waals surface area contributed by atoms with E-state index in [1.54, 1.807) is 19.2 Å². The maximum absolute atomic E-state index is 12.9. The van der Waals surface area contributed by atoms with E-state index in [1.807, 2.05) is 32.0 Å². The molecule has 1 aromatic carbocycles. The highest BCUT2D eigenvalue weighted by molar-refractivity contribution is 8.00. The van der Waals surface area contributed by atoms with Gasteiger partial charge in [-0.1, -0.05) is 29.0 Å². The number of nitrogens with one attached hydrogen (secondary N) is 1. The fraction of sp³-hybridized carbons (Fsp3) is 0.261. The highest BCUT2D eigenvalue weighted by atomic mass is 32.2. The third-order valence-electron chi connectivity index (χ3n) is 5.13. The standard InChI is InChI=1S/C23H23N5O4S/c1-13-8-14(2)10-15(9-13)19-25-20-18(22(30)28(4)23(31)27(20)3)21(26-19)33-12-17(29)24-11-16-6-5-7-32-16/h5-10H,11-12H2,1-4H3,(H,24,29). The van der Waals surface area contributed by atoms with Crippen LogP contribution in [0, 0.1) is 13.8 Å². The molecule has 0 unspecified atom stereocenters.